The first kappa shape index (κ1) is 9.71. The largest absolute Gasteiger partial charge is 0.329 e. The van der Waals surface area contributed by atoms with Crippen molar-refractivity contribution >= 4 is 0 Å². The first-order valence-electron chi connectivity index (χ1n) is 5.44. The normalized spacial score (nSPS) is 16.6. The molecule has 1 aromatic rings. The molecule has 0 radical (unpaired) electrons. The predicted octanol–water partition coefficient (Wildman–Crippen LogP) is 2.02. The summed E-state index contributed by atoms with van der Waals surface area (Å²) < 4.78 is 2.30. The van der Waals surface area contributed by atoms with Crippen LogP contribution in [-0.4, -0.2) is 15.6 Å². The van der Waals surface area contributed by atoms with Crippen molar-refractivity contribution in [2.45, 2.75) is 52.2 Å². The molecular formula is C11H19N3. The molecule has 1 fully saturated rings. The molecule has 0 aromatic carbocycles. The van der Waals surface area contributed by atoms with Gasteiger partial charge in [-0.3, -0.25) is 0 Å². The van der Waals surface area contributed by atoms with Crippen LogP contribution in [0.1, 0.15) is 44.2 Å². The first-order valence-corrected chi connectivity index (χ1v) is 5.44. The zero-order chi connectivity index (χ0) is 10.1. The molecule has 1 heterocycles. The predicted molar refractivity (Wildman–Crippen MR) is 57.2 cm³/mol. The average molecular weight is 193 g/mol. The van der Waals surface area contributed by atoms with Gasteiger partial charge in [0.1, 0.15) is 5.82 Å². The van der Waals surface area contributed by atoms with Crippen molar-refractivity contribution in [2.75, 3.05) is 0 Å². The van der Waals surface area contributed by atoms with E-state index in [2.05, 4.69) is 35.6 Å². The lowest BCUT2D eigenvalue weighted by atomic mass is 10.3. The minimum atomic E-state index is 0.508. The van der Waals surface area contributed by atoms with E-state index in [0.29, 0.717) is 6.04 Å². The van der Waals surface area contributed by atoms with E-state index in [4.69, 9.17) is 0 Å². The molecule has 0 unspecified atom stereocenters. The van der Waals surface area contributed by atoms with Crippen LogP contribution in [0.2, 0.25) is 0 Å². The molecule has 0 bridgehead atoms. The fraction of sp³-hybridized carbons (Fsp3) is 0.727. The molecule has 1 aliphatic rings. The van der Waals surface area contributed by atoms with Gasteiger partial charge >= 0.3 is 0 Å². The van der Waals surface area contributed by atoms with E-state index in [0.717, 1.165) is 12.6 Å². The van der Waals surface area contributed by atoms with Crippen LogP contribution in [0.3, 0.4) is 0 Å². The summed E-state index contributed by atoms with van der Waals surface area (Å²) in [6.07, 6.45) is 4.63. The smallest absolute Gasteiger partial charge is 0.123 e. The Bertz CT molecular complexity index is 310. The van der Waals surface area contributed by atoms with Crippen molar-refractivity contribution in [3.63, 3.8) is 0 Å². The Hall–Kier alpha value is -0.830. The molecule has 0 aliphatic heterocycles. The zero-order valence-electron chi connectivity index (χ0n) is 9.25. The zero-order valence-corrected chi connectivity index (χ0v) is 9.25. The van der Waals surface area contributed by atoms with Gasteiger partial charge in [0.25, 0.3) is 0 Å². The van der Waals surface area contributed by atoms with E-state index in [1.807, 2.05) is 6.20 Å². The third-order valence-corrected chi connectivity index (χ3v) is 2.70. The van der Waals surface area contributed by atoms with Gasteiger partial charge in [0.2, 0.25) is 0 Å². The van der Waals surface area contributed by atoms with Crippen molar-refractivity contribution in [1.29, 1.82) is 0 Å². The highest BCUT2D eigenvalue weighted by atomic mass is 15.1. The van der Waals surface area contributed by atoms with Crippen LogP contribution in [0.25, 0.3) is 0 Å². The van der Waals surface area contributed by atoms with Crippen LogP contribution < -0.4 is 5.32 Å². The van der Waals surface area contributed by atoms with Gasteiger partial charge in [-0.25, -0.2) is 4.98 Å². The van der Waals surface area contributed by atoms with Crippen molar-refractivity contribution in [1.82, 2.24) is 14.9 Å². The molecule has 1 aliphatic carbocycles. The molecule has 0 atom stereocenters. The van der Waals surface area contributed by atoms with E-state index in [-0.39, 0.29) is 0 Å². The van der Waals surface area contributed by atoms with Gasteiger partial charge in [-0.2, -0.15) is 0 Å². The maximum atomic E-state index is 4.44. The maximum Gasteiger partial charge on any atom is 0.123 e. The summed E-state index contributed by atoms with van der Waals surface area (Å²) >= 11 is 0. The number of hydrogen-bond acceptors (Lipinski definition) is 2. The Balaban J connectivity index is 2.06. The molecule has 3 nitrogen and oxygen atoms in total. The van der Waals surface area contributed by atoms with Crippen LogP contribution in [0.15, 0.2) is 6.20 Å². The second-order valence-corrected chi connectivity index (χ2v) is 4.43. The summed E-state index contributed by atoms with van der Waals surface area (Å²) in [5, 5.41) is 3.50. The molecule has 14 heavy (non-hydrogen) atoms. The lowest BCUT2D eigenvalue weighted by molar-refractivity contribution is 0.531. The fourth-order valence-corrected chi connectivity index (χ4v) is 1.86. The second kappa shape index (κ2) is 3.73. The Labute approximate surface area is 85.5 Å². The summed E-state index contributed by atoms with van der Waals surface area (Å²) in [7, 11) is 0. The van der Waals surface area contributed by atoms with Gasteiger partial charge < -0.3 is 9.88 Å². The summed E-state index contributed by atoms with van der Waals surface area (Å²) in [4.78, 5) is 4.44. The van der Waals surface area contributed by atoms with Gasteiger partial charge in [-0.1, -0.05) is 0 Å². The highest BCUT2D eigenvalue weighted by molar-refractivity contribution is 5.05. The summed E-state index contributed by atoms with van der Waals surface area (Å²) in [6.45, 7) is 7.44. The number of aromatic nitrogens is 2. The molecule has 78 valence electrons. The first-order chi connectivity index (χ1) is 6.68. The van der Waals surface area contributed by atoms with Crippen molar-refractivity contribution in [3.8, 4) is 0 Å². The topological polar surface area (TPSA) is 29.9 Å². The summed E-state index contributed by atoms with van der Waals surface area (Å²) in [6, 6.07) is 1.26. The minimum Gasteiger partial charge on any atom is -0.329 e. The van der Waals surface area contributed by atoms with Crippen LogP contribution in [0.4, 0.5) is 0 Å². The summed E-state index contributed by atoms with van der Waals surface area (Å²) in [5.74, 6) is 1.17. The fourth-order valence-electron chi connectivity index (χ4n) is 1.86. The van der Waals surface area contributed by atoms with Gasteiger partial charge in [0.15, 0.2) is 0 Å². The van der Waals surface area contributed by atoms with E-state index in [9.17, 15) is 0 Å². The van der Waals surface area contributed by atoms with Gasteiger partial charge in [-0.15, -0.1) is 0 Å². The number of hydrogen-bond donors (Lipinski definition) is 1. The Morgan fingerprint density at radius 2 is 2.29 bits per heavy atom. The molecular weight excluding hydrogens is 174 g/mol. The van der Waals surface area contributed by atoms with Crippen LogP contribution in [-0.2, 0) is 6.54 Å². The molecule has 0 spiro atoms. The minimum absolute atomic E-state index is 0.508. The number of nitrogens with one attached hydrogen (secondary N) is 1. The van der Waals surface area contributed by atoms with Crippen molar-refractivity contribution in [3.05, 3.63) is 17.7 Å². The third-order valence-electron chi connectivity index (χ3n) is 2.70. The summed E-state index contributed by atoms with van der Waals surface area (Å²) in [5.41, 5.74) is 1.26. The van der Waals surface area contributed by atoms with E-state index in [1.54, 1.807) is 0 Å². The Kier molecular flexibility index (Phi) is 2.59. The number of imidazole rings is 1. The monoisotopic (exact) mass is 193 g/mol. The standard InChI is InChI=1S/C11H19N3/c1-8(2)14-9(3)6-13-11(14)7-12-10-4-5-10/h6,8,10,12H,4-5,7H2,1-3H3. The number of nitrogens with zero attached hydrogens (tertiary/aromatic N) is 2. The van der Waals surface area contributed by atoms with Gasteiger partial charge in [0.05, 0.1) is 6.54 Å². The molecule has 0 amide bonds. The van der Waals surface area contributed by atoms with Crippen LogP contribution in [0, 0.1) is 6.92 Å². The van der Waals surface area contributed by atoms with E-state index >= 15 is 0 Å². The molecule has 2 rings (SSSR count). The van der Waals surface area contributed by atoms with Crippen molar-refractivity contribution < 1.29 is 0 Å². The molecule has 1 N–H and O–H groups in total. The van der Waals surface area contributed by atoms with Gasteiger partial charge in [-0.05, 0) is 33.6 Å². The van der Waals surface area contributed by atoms with Crippen LogP contribution >= 0.6 is 0 Å². The molecule has 0 saturated heterocycles. The lowest BCUT2D eigenvalue weighted by Gasteiger charge is -2.14. The highest BCUT2D eigenvalue weighted by Gasteiger charge is 2.21. The number of aryl methyl sites for hydroxylation is 1. The SMILES string of the molecule is Cc1cnc(CNC2CC2)n1C(C)C. The Morgan fingerprint density at radius 1 is 1.57 bits per heavy atom. The van der Waals surface area contributed by atoms with E-state index in [1.165, 1.54) is 24.4 Å². The van der Waals surface area contributed by atoms with Gasteiger partial charge in [0, 0.05) is 24.0 Å². The number of rotatable bonds is 4. The quantitative estimate of drug-likeness (QED) is 0.793. The third kappa shape index (κ3) is 1.98. The van der Waals surface area contributed by atoms with E-state index < -0.39 is 0 Å². The maximum absolute atomic E-state index is 4.44. The molecule has 1 aromatic heterocycles. The second-order valence-electron chi connectivity index (χ2n) is 4.43. The molecule has 3 heteroatoms. The lowest BCUT2D eigenvalue weighted by Crippen LogP contribution is -2.20. The van der Waals surface area contributed by atoms with Crippen LogP contribution in [0.5, 0.6) is 0 Å². The molecule has 1 saturated carbocycles. The van der Waals surface area contributed by atoms with Crippen molar-refractivity contribution in [2.24, 2.45) is 0 Å². The Morgan fingerprint density at radius 3 is 2.86 bits per heavy atom. The highest BCUT2D eigenvalue weighted by Crippen LogP contribution is 2.20. The average Bonchev–Trinajstić information content (AvgIpc) is 2.86.